The zero-order valence-corrected chi connectivity index (χ0v) is 11.2. The van der Waals surface area contributed by atoms with Crippen molar-refractivity contribution in [2.75, 3.05) is 5.75 Å². The number of unbranched alkanes of at least 4 members (excludes halogenated alkanes) is 5. The molecule has 0 N–H and O–H groups in total. The Hall–Kier alpha value is -0.0500. The number of hydrogen-bond donors (Lipinski definition) is 0. The van der Waals surface area contributed by atoms with Crippen molar-refractivity contribution in [2.24, 2.45) is 10.00 Å². The summed E-state index contributed by atoms with van der Waals surface area (Å²) in [7, 11) is 0. The van der Waals surface area contributed by atoms with E-state index in [1.807, 2.05) is 0 Å². The lowest BCUT2D eigenvalue weighted by Gasteiger charge is -2.17. The largest absolute Gasteiger partial charge is 0.137 e. The van der Waals surface area contributed by atoms with Gasteiger partial charge in [0.1, 0.15) is 0 Å². The van der Waals surface area contributed by atoms with Gasteiger partial charge in [0.2, 0.25) is 0 Å². The number of rotatable bonds is 9. The summed E-state index contributed by atoms with van der Waals surface area (Å²) in [5.41, 5.74) is 0.492. The summed E-state index contributed by atoms with van der Waals surface area (Å²) in [6.45, 7) is 6.91. The molecule has 0 aliphatic rings. The highest BCUT2D eigenvalue weighted by molar-refractivity contribution is 7.97. The van der Waals surface area contributed by atoms with Gasteiger partial charge in [-0.25, -0.2) is 0 Å². The maximum atomic E-state index is 9.79. The molecule has 0 atom stereocenters. The van der Waals surface area contributed by atoms with Gasteiger partial charge < -0.3 is 0 Å². The molecule has 3 heteroatoms. The Morgan fingerprint density at radius 1 is 0.933 bits per heavy atom. The molecule has 0 aromatic carbocycles. The highest BCUT2D eigenvalue weighted by atomic mass is 32.2. The van der Waals surface area contributed by atoms with Crippen LogP contribution in [0.1, 0.15) is 65.7 Å². The Balaban J connectivity index is 3.02. The third-order valence-corrected chi connectivity index (χ3v) is 3.04. The Kier molecular flexibility index (Phi) is 9.17. The van der Waals surface area contributed by atoms with Crippen LogP contribution in [0.3, 0.4) is 0 Å². The summed E-state index contributed by atoms with van der Waals surface area (Å²) in [4.78, 5) is 9.79. The average molecular weight is 231 g/mol. The molecule has 0 saturated heterocycles. The Morgan fingerprint density at radius 3 is 2.00 bits per heavy atom. The molecule has 0 aromatic heterocycles. The molecule has 0 saturated carbocycles. The molecule has 0 aliphatic carbocycles. The quantitative estimate of drug-likeness (QED) is 0.311. The lowest BCUT2D eigenvalue weighted by Crippen LogP contribution is -2.03. The first-order valence-corrected chi connectivity index (χ1v) is 6.95. The van der Waals surface area contributed by atoms with Gasteiger partial charge in [-0.15, -0.1) is 4.91 Å². The lowest BCUT2D eigenvalue weighted by molar-refractivity contribution is 0.356. The normalized spacial score (nSPS) is 11.7. The van der Waals surface area contributed by atoms with Gasteiger partial charge in [-0.2, -0.15) is 0 Å². The van der Waals surface area contributed by atoms with E-state index in [1.165, 1.54) is 38.5 Å². The van der Waals surface area contributed by atoms with Crippen LogP contribution in [-0.4, -0.2) is 5.75 Å². The predicted molar refractivity (Wildman–Crippen MR) is 70.0 cm³/mol. The summed E-state index contributed by atoms with van der Waals surface area (Å²) in [6.07, 6.45) is 9.08. The van der Waals surface area contributed by atoms with Crippen molar-refractivity contribution in [2.45, 2.75) is 65.7 Å². The van der Waals surface area contributed by atoms with Gasteiger partial charge in [-0.1, -0.05) is 52.9 Å². The number of nitrogens with zero attached hydrogens (tertiary/aromatic N) is 1. The minimum Gasteiger partial charge on any atom is -0.137 e. The van der Waals surface area contributed by atoms with E-state index in [4.69, 9.17) is 0 Å². The summed E-state index contributed by atoms with van der Waals surface area (Å²) in [5.74, 6) is 0.894. The van der Waals surface area contributed by atoms with E-state index < -0.39 is 0 Å². The highest BCUT2D eigenvalue weighted by Gasteiger charge is 2.08. The number of nitroso groups, excluding NO2 is 1. The van der Waals surface area contributed by atoms with Crippen molar-refractivity contribution >= 4 is 11.9 Å². The minimum absolute atomic E-state index is 0.492. The molecule has 0 unspecified atom stereocenters. The summed E-state index contributed by atoms with van der Waals surface area (Å²) in [5, 5.41) is 0. The van der Waals surface area contributed by atoms with E-state index >= 15 is 0 Å². The van der Waals surface area contributed by atoms with Crippen molar-refractivity contribution in [1.82, 2.24) is 0 Å². The predicted octanol–water partition coefficient (Wildman–Crippen LogP) is 5.18. The smallest absolute Gasteiger partial charge is 0.0203 e. The summed E-state index contributed by atoms with van der Waals surface area (Å²) < 4.78 is 2.78. The topological polar surface area (TPSA) is 29.4 Å². The minimum atomic E-state index is 0.492. The monoisotopic (exact) mass is 231 g/mol. The van der Waals surface area contributed by atoms with Gasteiger partial charge in [-0.3, -0.25) is 0 Å². The van der Waals surface area contributed by atoms with Crippen LogP contribution in [0.5, 0.6) is 0 Å². The molecule has 0 aromatic rings. The van der Waals surface area contributed by atoms with Gasteiger partial charge in [0, 0.05) is 22.3 Å². The van der Waals surface area contributed by atoms with Crippen molar-refractivity contribution in [1.29, 1.82) is 0 Å². The molecule has 15 heavy (non-hydrogen) atoms. The Morgan fingerprint density at radius 2 is 1.47 bits per heavy atom. The van der Waals surface area contributed by atoms with Crippen LogP contribution in [0.2, 0.25) is 0 Å². The van der Waals surface area contributed by atoms with Crippen molar-refractivity contribution in [3.8, 4) is 0 Å². The molecule has 0 aliphatic heterocycles. The zero-order chi connectivity index (χ0) is 11.6. The van der Waals surface area contributed by atoms with E-state index in [0.717, 1.165) is 24.1 Å². The summed E-state index contributed by atoms with van der Waals surface area (Å²) in [6, 6.07) is 0. The fourth-order valence-electron chi connectivity index (χ4n) is 1.57. The third kappa shape index (κ3) is 14.0. The molecular weight excluding hydrogens is 206 g/mol. The van der Waals surface area contributed by atoms with E-state index in [9.17, 15) is 4.91 Å². The molecule has 90 valence electrons. The van der Waals surface area contributed by atoms with E-state index in [1.54, 1.807) is 0 Å². The Bertz CT molecular complexity index is 154. The van der Waals surface area contributed by atoms with Gasteiger partial charge in [0.15, 0.2) is 0 Å². The molecule has 0 bridgehead atoms. The standard InChI is InChI=1S/C12H25NOS/c1-12(2,3)10-8-6-4-5-7-9-11-15-13-14/h4-11H2,1-3H3. The summed E-state index contributed by atoms with van der Waals surface area (Å²) >= 11 is 1.15. The first-order chi connectivity index (χ1) is 7.06. The third-order valence-electron chi connectivity index (χ3n) is 2.47. The second-order valence-electron chi connectivity index (χ2n) is 5.34. The van der Waals surface area contributed by atoms with Gasteiger partial charge in [-0.05, 0) is 18.3 Å². The number of hydrogen-bond acceptors (Lipinski definition) is 3. The van der Waals surface area contributed by atoms with Crippen LogP contribution < -0.4 is 0 Å². The lowest BCUT2D eigenvalue weighted by atomic mass is 9.89. The average Bonchev–Trinajstić information content (AvgIpc) is 2.14. The van der Waals surface area contributed by atoms with Crippen LogP contribution in [-0.2, 0) is 0 Å². The van der Waals surface area contributed by atoms with E-state index in [2.05, 4.69) is 25.4 Å². The first-order valence-electron chi connectivity index (χ1n) is 6.01. The van der Waals surface area contributed by atoms with Crippen LogP contribution in [0.15, 0.2) is 4.58 Å². The molecule has 0 radical (unpaired) electrons. The zero-order valence-electron chi connectivity index (χ0n) is 10.4. The molecule has 0 spiro atoms. The molecule has 0 rings (SSSR count). The Labute approximate surface area is 98.7 Å². The molecule has 0 amide bonds. The molecule has 0 heterocycles. The van der Waals surface area contributed by atoms with Crippen LogP contribution >= 0.6 is 11.9 Å². The van der Waals surface area contributed by atoms with Crippen molar-refractivity contribution in [3.63, 3.8) is 0 Å². The van der Waals surface area contributed by atoms with Gasteiger partial charge in [0.25, 0.3) is 0 Å². The maximum absolute atomic E-state index is 9.79. The molecular formula is C12H25NOS. The van der Waals surface area contributed by atoms with Crippen molar-refractivity contribution in [3.05, 3.63) is 4.91 Å². The highest BCUT2D eigenvalue weighted by Crippen LogP contribution is 2.22. The SMILES string of the molecule is CC(C)(C)CCCCCCCCSN=O. The van der Waals surface area contributed by atoms with Crippen molar-refractivity contribution < 1.29 is 0 Å². The van der Waals surface area contributed by atoms with Crippen LogP contribution in [0, 0.1) is 10.3 Å². The fourth-order valence-corrected chi connectivity index (χ4v) is 1.97. The van der Waals surface area contributed by atoms with Gasteiger partial charge in [0.05, 0.1) is 0 Å². The molecule has 0 fully saturated rings. The van der Waals surface area contributed by atoms with Crippen LogP contribution in [0.4, 0.5) is 0 Å². The maximum Gasteiger partial charge on any atom is 0.0203 e. The van der Waals surface area contributed by atoms with E-state index in [0.29, 0.717) is 5.41 Å². The molecule has 2 nitrogen and oxygen atoms in total. The fraction of sp³-hybridized carbons (Fsp3) is 1.00. The van der Waals surface area contributed by atoms with E-state index in [-0.39, 0.29) is 0 Å². The van der Waals surface area contributed by atoms with Crippen LogP contribution in [0.25, 0.3) is 0 Å². The van der Waals surface area contributed by atoms with Gasteiger partial charge >= 0.3 is 0 Å². The first kappa shape index (κ1) is 14.9. The second-order valence-corrected chi connectivity index (χ2v) is 6.16. The second kappa shape index (κ2) is 9.20.